The smallest absolute Gasteiger partial charge is 0.342 e. The Balaban J connectivity index is 1.74. The average Bonchev–Trinajstić information content (AvgIpc) is 2.86. The highest BCUT2D eigenvalue weighted by Gasteiger charge is 2.14. The predicted octanol–water partition coefficient (Wildman–Crippen LogP) is 2.76. The molecule has 0 saturated carbocycles. The van der Waals surface area contributed by atoms with E-state index in [1.807, 2.05) is 0 Å². The quantitative estimate of drug-likeness (QED) is 0.725. The molecule has 22 heavy (non-hydrogen) atoms. The fraction of sp³-hybridized carbons (Fsp3) is 0.0667. The number of aromatic nitrogens is 2. The number of carbonyl (C=O) groups excluding carboxylic acids is 1. The number of phenolic OH excluding ortho intramolecular Hbond substituents is 2. The standard InChI is InChI=1S/C15H11ClN2O4/c16-9-1-4-14-17-10(7-18(14)6-9)8-22-15(21)12-3-2-11(19)5-13(12)20/h1-7,19-20H,8H2. The van der Waals surface area contributed by atoms with Crippen LogP contribution in [0.1, 0.15) is 16.1 Å². The summed E-state index contributed by atoms with van der Waals surface area (Å²) in [7, 11) is 0. The molecule has 3 aromatic rings. The van der Waals surface area contributed by atoms with Gasteiger partial charge in [0.15, 0.2) is 0 Å². The molecule has 2 aromatic heterocycles. The molecule has 6 nitrogen and oxygen atoms in total. The molecule has 0 atom stereocenters. The Morgan fingerprint density at radius 3 is 2.82 bits per heavy atom. The molecule has 0 saturated heterocycles. The van der Waals surface area contributed by atoms with Crippen molar-refractivity contribution in [2.45, 2.75) is 6.61 Å². The van der Waals surface area contributed by atoms with Crippen molar-refractivity contribution in [3.63, 3.8) is 0 Å². The monoisotopic (exact) mass is 318 g/mol. The second kappa shape index (κ2) is 5.57. The lowest BCUT2D eigenvalue weighted by molar-refractivity contribution is 0.0465. The van der Waals surface area contributed by atoms with Crippen LogP contribution in [0.5, 0.6) is 11.5 Å². The van der Waals surface area contributed by atoms with Crippen molar-refractivity contribution in [1.82, 2.24) is 9.38 Å². The van der Waals surface area contributed by atoms with Gasteiger partial charge in [0, 0.05) is 18.5 Å². The van der Waals surface area contributed by atoms with Crippen LogP contribution in [0.2, 0.25) is 5.02 Å². The third-order valence-corrected chi connectivity index (χ3v) is 3.24. The SMILES string of the molecule is O=C(OCc1cn2cc(Cl)ccc2n1)c1ccc(O)cc1O. The van der Waals surface area contributed by atoms with Crippen molar-refractivity contribution in [3.8, 4) is 11.5 Å². The number of nitrogens with zero attached hydrogens (tertiary/aromatic N) is 2. The van der Waals surface area contributed by atoms with Crippen LogP contribution >= 0.6 is 11.6 Å². The van der Waals surface area contributed by atoms with E-state index in [-0.39, 0.29) is 23.7 Å². The zero-order valence-corrected chi connectivity index (χ0v) is 12.0. The van der Waals surface area contributed by atoms with Crippen molar-refractivity contribution in [1.29, 1.82) is 0 Å². The zero-order valence-electron chi connectivity index (χ0n) is 11.2. The van der Waals surface area contributed by atoms with Crippen LogP contribution in [0, 0.1) is 0 Å². The second-order valence-electron chi connectivity index (χ2n) is 4.62. The van der Waals surface area contributed by atoms with Gasteiger partial charge in [-0.05, 0) is 24.3 Å². The van der Waals surface area contributed by atoms with Crippen molar-refractivity contribution >= 4 is 23.2 Å². The molecule has 0 unspecified atom stereocenters. The number of aromatic hydroxyl groups is 2. The summed E-state index contributed by atoms with van der Waals surface area (Å²) in [5.74, 6) is -1.18. The highest BCUT2D eigenvalue weighted by molar-refractivity contribution is 6.30. The van der Waals surface area contributed by atoms with Gasteiger partial charge in [0.1, 0.15) is 29.3 Å². The number of halogens is 1. The van der Waals surface area contributed by atoms with Gasteiger partial charge in [-0.3, -0.25) is 0 Å². The molecule has 0 aliphatic heterocycles. The molecular weight excluding hydrogens is 308 g/mol. The van der Waals surface area contributed by atoms with E-state index in [0.29, 0.717) is 16.4 Å². The number of phenols is 2. The highest BCUT2D eigenvalue weighted by atomic mass is 35.5. The van der Waals surface area contributed by atoms with Crippen LogP contribution in [0.15, 0.2) is 42.7 Å². The summed E-state index contributed by atoms with van der Waals surface area (Å²) in [6.45, 7) is -0.0432. The number of pyridine rings is 1. The first kappa shape index (κ1) is 14.2. The summed E-state index contributed by atoms with van der Waals surface area (Å²) < 4.78 is 6.83. The van der Waals surface area contributed by atoms with Crippen molar-refractivity contribution in [2.24, 2.45) is 0 Å². The number of hydrogen-bond donors (Lipinski definition) is 2. The molecule has 3 rings (SSSR count). The number of ether oxygens (including phenoxy) is 1. The van der Waals surface area contributed by atoms with E-state index < -0.39 is 5.97 Å². The molecule has 2 heterocycles. The van der Waals surface area contributed by atoms with Crippen LogP contribution in [0.4, 0.5) is 0 Å². The highest BCUT2D eigenvalue weighted by Crippen LogP contribution is 2.23. The van der Waals surface area contributed by atoms with E-state index in [0.717, 1.165) is 6.07 Å². The Bertz CT molecular complexity index is 860. The maximum absolute atomic E-state index is 11.9. The lowest BCUT2D eigenvalue weighted by atomic mass is 10.2. The molecule has 2 N–H and O–H groups in total. The lowest BCUT2D eigenvalue weighted by Gasteiger charge is -2.05. The molecule has 0 bridgehead atoms. The van der Waals surface area contributed by atoms with E-state index in [2.05, 4.69) is 4.98 Å². The largest absolute Gasteiger partial charge is 0.508 e. The second-order valence-corrected chi connectivity index (χ2v) is 5.06. The van der Waals surface area contributed by atoms with E-state index in [4.69, 9.17) is 16.3 Å². The Kier molecular flexibility index (Phi) is 3.60. The van der Waals surface area contributed by atoms with Gasteiger partial charge < -0.3 is 19.4 Å². The molecule has 7 heteroatoms. The van der Waals surface area contributed by atoms with Crippen LogP contribution in [0.25, 0.3) is 5.65 Å². The van der Waals surface area contributed by atoms with Crippen LogP contribution in [0.3, 0.4) is 0 Å². The minimum Gasteiger partial charge on any atom is -0.508 e. The molecule has 0 spiro atoms. The Labute approximate surface area is 130 Å². The zero-order chi connectivity index (χ0) is 15.7. The number of imidazole rings is 1. The van der Waals surface area contributed by atoms with E-state index in [9.17, 15) is 15.0 Å². The van der Waals surface area contributed by atoms with E-state index >= 15 is 0 Å². The van der Waals surface area contributed by atoms with Crippen molar-refractivity contribution in [3.05, 3.63) is 59.0 Å². The number of rotatable bonds is 3. The number of esters is 1. The third-order valence-electron chi connectivity index (χ3n) is 3.02. The summed E-state index contributed by atoms with van der Waals surface area (Å²) in [4.78, 5) is 16.2. The van der Waals surface area contributed by atoms with Crippen LogP contribution in [-0.4, -0.2) is 25.6 Å². The Morgan fingerprint density at radius 1 is 1.23 bits per heavy atom. The summed E-state index contributed by atoms with van der Waals surface area (Å²) in [5, 5.41) is 19.4. The van der Waals surface area contributed by atoms with Gasteiger partial charge in [-0.1, -0.05) is 11.6 Å². The van der Waals surface area contributed by atoms with E-state index in [1.165, 1.54) is 12.1 Å². The maximum Gasteiger partial charge on any atom is 0.342 e. The fourth-order valence-electron chi connectivity index (χ4n) is 2.00. The van der Waals surface area contributed by atoms with E-state index in [1.54, 1.807) is 28.9 Å². The number of carbonyl (C=O) groups is 1. The molecule has 0 fully saturated rings. The number of hydrogen-bond acceptors (Lipinski definition) is 5. The summed E-state index contributed by atoms with van der Waals surface area (Å²) in [6, 6.07) is 7.12. The lowest BCUT2D eigenvalue weighted by Crippen LogP contribution is -2.05. The summed E-state index contributed by atoms with van der Waals surface area (Å²) >= 11 is 5.88. The van der Waals surface area contributed by atoms with Gasteiger partial charge in [0.25, 0.3) is 0 Å². The van der Waals surface area contributed by atoms with Crippen LogP contribution < -0.4 is 0 Å². The third kappa shape index (κ3) is 2.82. The molecular formula is C15H11ClN2O4. The molecule has 0 amide bonds. The van der Waals surface area contributed by atoms with Gasteiger partial charge in [-0.2, -0.15) is 0 Å². The van der Waals surface area contributed by atoms with Gasteiger partial charge in [-0.25, -0.2) is 9.78 Å². The molecule has 0 aliphatic rings. The Morgan fingerprint density at radius 2 is 2.05 bits per heavy atom. The predicted molar refractivity (Wildman–Crippen MR) is 79.1 cm³/mol. The fourth-order valence-corrected chi connectivity index (χ4v) is 2.16. The average molecular weight is 319 g/mol. The molecule has 0 radical (unpaired) electrons. The Hall–Kier alpha value is -2.73. The first-order chi connectivity index (χ1) is 10.5. The molecule has 1 aromatic carbocycles. The van der Waals surface area contributed by atoms with Gasteiger partial charge in [0.05, 0.1) is 10.7 Å². The topological polar surface area (TPSA) is 84.1 Å². The van der Waals surface area contributed by atoms with Gasteiger partial charge >= 0.3 is 5.97 Å². The molecule has 112 valence electrons. The van der Waals surface area contributed by atoms with Crippen molar-refractivity contribution < 1.29 is 19.7 Å². The minimum absolute atomic E-state index is 0.0235. The number of fused-ring (bicyclic) bond motifs is 1. The first-order valence-electron chi connectivity index (χ1n) is 6.35. The maximum atomic E-state index is 11.9. The number of benzene rings is 1. The molecule has 0 aliphatic carbocycles. The van der Waals surface area contributed by atoms with Gasteiger partial charge in [0.2, 0.25) is 0 Å². The summed E-state index contributed by atoms with van der Waals surface area (Å²) in [6.07, 6.45) is 3.40. The summed E-state index contributed by atoms with van der Waals surface area (Å²) in [5.41, 5.74) is 1.21. The minimum atomic E-state index is -0.701. The first-order valence-corrected chi connectivity index (χ1v) is 6.73. The van der Waals surface area contributed by atoms with Gasteiger partial charge in [-0.15, -0.1) is 0 Å². The van der Waals surface area contributed by atoms with Crippen LogP contribution in [-0.2, 0) is 11.3 Å². The normalized spacial score (nSPS) is 10.8. The van der Waals surface area contributed by atoms with Crippen molar-refractivity contribution in [2.75, 3.05) is 0 Å².